The van der Waals surface area contributed by atoms with Crippen LogP contribution in [0.2, 0.25) is 0 Å². The van der Waals surface area contributed by atoms with Gasteiger partial charge in [0.05, 0.1) is 5.41 Å². The van der Waals surface area contributed by atoms with Crippen LogP contribution in [0, 0.1) is 0 Å². The Hall–Kier alpha value is -8.26. The van der Waals surface area contributed by atoms with Crippen molar-refractivity contribution in [1.29, 1.82) is 0 Å². The van der Waals surface area contributed by atoms with E-state index in [-0.39, 0.29) is 5.41 Å². The molecule has 3 aliphatic rings. The first-order chi connectivity index (χ1) is 33.0. The maximum atomic E-state index is 2.55. The molecule has 14 rings (SSSR count). The van der Waals surface area contributed by atoms with Crippen LogP contribution in [0.15, 0.2) is 237 Å². The summed E-state index contributed by atoms with van der Waals surface area (Å²) in [6.45, 7) is 4.76. The van der Waals surface area contributed by atoms with E-state index in [0.29, 0.717) is 0 Å². The molecule has 314 valence electrons. The van der Waals surface area contributed by atoms with Crippen LogP contribution in [-0.2, 0) is 10.8 Å². The molecule has 3 aliphatic carbocycles. The number of benzene rings is 11. The third-order valence-corrected chi connectivity index (χ3v) is 15.5. The summed E-state index contributed by atoms with van der Waals surface area (Å²) in [5.41, 5.74) is 23.4. The third kappa shape index (κ3) is 5.26. The molecular weight excluding hydrogens is 807 g/mol. The number of fused-ring (bicyclic) bond motifs is 13. The summed E-state index contributed by atoms with van der Waals surface area (Å²) in [5.74, 6) is 0. The van der Waals surface area contributed by atoms with Crippen molar-refractivity contribution in [2.24, 2.45) is 0 Å². The summed E-state index contributed by atoms with van der Waals surface area (Å²) in [6, 6.07) is 89.1. The van der Waals surface area contributed by atoms with Crippen molar-refractivity contribution in [3.63, 3.8) is 0 Å². The van der Waals surface area contributed by atoms with Gasteiger partial charge in [-0.25, -0.2) is 0 Å². The quantitative estimate of drug-likeness (QED) is 0.167. The van der Waals surface area contributed by atoms with E-state index in [1.165, 1.54) is 111 Å². The average molecular weight is 852 g/mol. The summed E-state index contributed by atoms with van der Waals surface area (Å²) >= 11 is 0. The van der Waals surface area contributed by atoms with Crippen molar-refractivity contribution in [2.75, 3.05) is 4.90 Å². The van der Waals surface area contributed by atoms with Gasteiger partial charge in [-0.15, -0.1) is 0 Å². The number of hydrogen-bond acceptors (Lipinski definition) is 1. The van der Waals surface area contributed by atoms with Gasteiger partial charge in [-0.05, 0) is 147 Å². The van der Waals surface area contributed by atoms with E-state index in [0.717, 1.165) is 17.1 Å². The SMILES string of the molecule is CC1(C)c2ccccc2-c2ccc(N(c3ccc(-c4ccccc4)cc3)c3ccc4c(c3)C3(c5ccccc5-4)c4ccccc4-c4cccc5ccc(-c6cccc7ccccc67)c3c45)cc21. The van der Waals surface area contributed by atoms with Crippen molar-refractivity contribution in [2.45, 2.75) is 24.7 Å². The summed E-state index contributed by atoms with van der Waals surface area (Å²) in [7, 11) is 0. The molecule has 0 aromatic heterocycles. The van der Waals surface area contributed by atoms with E-state index in [1.54, 1.807) is 0 Å². The first kappa shape index (κ1) is 38.1. The van der Waals surface area contributed by atoms with Crippen LogP contribution in [-0.4, -0.2) is 0 Å². The maximum absolute atomic E-state index is 2.55. The molecule has 1 unspecified atom stereocenters. The van der Waals surface area contributed by atoms with E-state index in [4.69, 9.17) is 0 Å². The Bertz CT molecular complexity index is 3830. The zero-order valence-corrected chi connectivity index (χ0v) is 37.5. The second-order valence-corrected chi connectivity index (χ2v) is 19.1. The molecule has 0 saturated heterocycles. The molecule has 1 nitrogen and oxygen atoms in total. The summed E-state index contributed by atoms with van der Waals surface area (Å²) in [5, 5.41) is 5.09. The van der Waals surface area contributed by atoms with Crippen LogP contribution in [0.25, 0.3) is 77.2 Å². The van der Waals surface area contributed by atoms with E-state index >= 15 is 0 Å². The molecule has 11 aromatic carbocycles. The highest BCUT2D eigenvalue weighted by molar-refractivity contribution is 6.12. The van der Waals surface area contributed by atoms with Crippen molar-refractivity contribution in [1.82, 2.24) is 0 Å². The first-order valence-electron chi connectivity index (χ1n) is 23.6. The van der Waals surface area contributed by atoms with Crippen molar-refractivity contribution < 1.29 is 0 Å². The monoisotopic (exact) mass is 851 g/mol. The molecule has 0 fully saturated rings. The lowest BCUT2D eigenvalue weighted by Gasteiger charge is -2.42. The van der Waals surface area contributed by atoms with Crippen LogP contribution < -0.4 is 4.90 Å². The number of hydrogen-bond donors (Lipinski definition) is 0. The van der Waals surface area contributed by atoms with Crippen LogP contribution in [0.1, 0.15) is 47.2 Å². The van der Waals surface area contributed by atoms with Gasteiger partial charge in [-0.3, -0.25) is 0 Å². The molecule has 0 N–H and O–H groups in total. The van der Waals surface area contributed by atoms with Crippen LogP contribution in [0.5, 0.6) is 0 Å². The van der Waals surface area contributed by atoms with Gasteiger partial charge in [0.1, 0.15) is 0 Å². The summed E-state index contributed by atoms with van der Waals surface area (Å²) in [6.07, 6.45) is 0. The molecule has 11 aromatic rings. The minimum absolute atomic E-state index is 0.149. The smallest absolute Gasteiger partial charge is 0.0732 e. The second-order valence-electron chi connectivity index (χ2n) is 19.1. The zero-order chi connectivity index (χ0) is 44.4. The fourth-order valence-corrected chi connectivity index (χ4v) is 12.5. The van der Waals surface area contributed by atoms with E-state index in [9.17, 15) is 0 Å². The topological polar surface area (TPSA) is 3.24 Å². The molecular formula is C66H45N. The molecule has 1 spiro atoms. The van der Waals surface area contributed by atoms with Crippen molar-refractivity contribution in [3.8, 4) is 55.6 Å². The van der Waals surface area contributed by atoms with Gasteiger partial charge in [0.15, 0.2) is 0 Å². The van der Waals surface area contributed by atoms with Crippen LogP contribution >= 0.6 is 0 Å². The molecule has 0 amide bonds. The Morgan fingerprint density at radius 1 is 0.299 bits per heavy atom. The highest BCUT2D eigenvalue weighted by Crippen LogP contribution is 2.64. The van der Waals surface area contributed by atoms with Gasteiger partial charge in [0.2, 0.25) is 0 Å². The molecule has 0 radical (unpaired) electrons. The summed E-state index contributed by atoms with van der Waals surface area (Å²) < 4.78 is 0. The largest absolute Gasteiger partial charge is 0.310 e. The zero-order valence-electron chi connectivity index (χ0n) is 37.5. The van der Waals surface area contributed by atoms with Gasteiger partial charge in [0, 0.05) is 22.5 Å². The molecule has 1 heteroatoms. The fourth-order valence-electron chi connectivity index (χ4n) is 12.5. The van der Waals surface area contributed by atoms with E-state index < -0.39 is 5.41 Å². The van der Waals surface area contributed by atoms with Gasteiger partial charge in [0.25, 0.3) is 0 Å². The Morgan fingerprint density at radius 2 is 0.776 bits per heavy atom. The lowest BCUT2D eigenvalue weighted by Crippen LogP contribution is -2.32. The lowest BCUT2D eigenvalue weighted by molar-refractivity contribution is 0.660. The lowest BCUT2D eigenvalue weighted by atomic mass is 9.60. The highest BCUT2D eigenvalue weighted by atomic mass is 15.1. The predicted molar refractivity (Wildman–Crippen MR) is 281 cm³/mol. The number of rotatable bonds is 5. The predicted octanol–water partition coefficient (Wildman–Crippen LogP) is 17.4. The Balaban J connectivity index is 1.07. The molecule has 0 heterocycles. The van der Waals surface area contributed by atoms with E-state index in [1.807, 2.05) is 0 Å². The minimum Gasteiger partial charge on any atom is -0.310 e. The standard InChI is InChI=1S/C66H45N/c1-65(2)58-27-11-8-22-51(58)54-38-35-47(40-61(54)65)67(46-33-30-43(31-34-46)42-16-4-3-5-17-42)48-36-39-55-52-23-9-12-28-59(52)66(62(55)41-48)60-29-13-10-24-53(60)56-26-15-20-45-32-37-57(64(66)63(45)56)50-25-14-19-44-18-6-7-21-49(44)50/h3-41H,1-2H3. The van der Waals surface area contributed by atoms with Gasteiger partial charge < -0.3 is 4.90 Å². The van der Waals surface area contributed by atoms with Gasteiger partial charge in [-0.2, -0.15) is 0 Å². The third-order valence-electron chi connectivity index (χ3n) is 15.5. The van der Waals surface area contributed by atoms with Crippen LogP contribution in [0.3, 0.4) is 0 Å². The Morgan fingerprint density at radius 3 is 1.51 bits per heavy atom. The summed E-state index contributed by atoms with van der Waals surface area (Å²) in [4.78, 5) is 2.50. The van der Waals surface area contributed by atoms with Crippen molar-refractivity contribution in [3.05, 3.63) is 270 Å². The normalized spacial score (nSPS) is 15.5. The maximum Gasteiger partial charge on any atom is 0.0732 e. The molecule has 1 atom stereocenters. The Kier molecular flexibility index (Phi) is 8.02. The molecule has 0 bridgehead atoms. The minimum atomic E-state index is -0.636. The molecule has 67 heavy (non-hydrogen) atoms. The highest BCUT2D eigenvalue weighted by Gasteiger charge is 2.51. The van der Waals surface area contributed by atoms with Crippen molar-refractivity contribution >= 4 is 38.6 Å². The average Bonchev–Trinajstić information content (AvgIpc) is 3.80. The Labute approximate surface area is 391 Å². The second kappa shape index (κ2) is 14.1. The van der Waals surface area contributed by atoms with Gasteiger partial charge >= 0.3 is 0 Å². The van der Waals surface area contributed by atoms with Crippen LogP contribution in [0.4, 0.5) is 17.1 Å². The molecule has 0 aliphatic heterocycles. The number of anilines is 3. The van der Waals surface area contributed by atoms with E-state index in [2.05, 4.69) is 255 Å². The molecule has 0 saturated carbocycles. The van der Waals surface area contributed by atoms with Gasteiger partial charge in [-0.1, -0.05) is 214 Å². The number of nitrogens with zero attached hydrogens (tertiary/aromatic N) is 1. The first-order valence-corrected chi connectivity index (χ1v) is 23.6. The fraction of sp³-hybridized carbons (Fsp3) is 0.0606.